The van der Waals surface area contributed by atoms with Crippen LogP contribution in [0.3, 0.4) is 0 Å². The van der Waals surface area contributed by atoms with Gasteiger partial charge < -0.3 is 0 Å². The number of hydrogen-bond acceptors (Lipinski definition) is 5. The summed E-state index contributed by atoms with van der Waals surface area (Å²) in [4.78, 5) is 26.4. The highest BCUT2D eigenvalue weighted by Crippen LogP contribution is 2.30. The molecule has 122 valence electrons. The van der Waals surface area contributed by atoms with Crippen LogP contribution in [0.1, 0.15) is 10.4 Å². The van der Waals surface area contributed by atoms with Crippen LogP contribution >= 0.6 is 22.9 Å². The minimum Gasteiger partial charge on any atom is -0.298 e. The van der Waals surface area contributed by atoms with Crippen LogP contribution in [0.25, 0.3) is 10.2 Å². The summed E-state index contributed by atoms with van der Waals surface area (Å²) in [6.45, 7) is 0. The normalized spacial score (nSPS) is 10.8. The van der Waals surface area contributed by atoms with E-state index in [1.165, 1.54) is 18.2 Å². The average Bonchev–Trinajstić information content (AvgIpc) is 2.91. The standard InChI is InChI=1S/C14H6ClF2N3O3S/c15-8-5-10(17)9(16)4-7(8)13(21)19-14-18-11-2-1-6(20(22)23)3-12(11)24-14/h1-5H,(H,18,19,21). The first-order valence-electron chi connectivity index (χ1n) is 6.36. The Kier molecular flexibility index (Phi) is 4.12. The summed E-state index contributed by atoms with van der Waals surface area (Å²) in [6.07, 6.45) is 0. The van der Waals surface area contributed by atoms with Gasteiger partial charge in [-0.15, -0.1) is 0 Å². The van der Waals surface area contributed by atoms with Gasteiger partial charge in [-0.3, -0.25) is 20.2 Å². The molecule has 0 fully saturated rings. The van der Waals surface area contributed by atoms with Gasteiger partial charge in [0.15, 0.2) is 16.8 Å². The Bertz CT molecular complexity index is 993. The molecule has 0 bridgehead atoms. The number of anilines is 1. The third kappa shape index (κ3) is 3.03. The number of hydrogen-bond donors (Lipinski definition) is 1. The summed E-state index contributed by atoms with van der Waals surface area (Å²) in [7, 11) is 0. The van der Waals surface area contributed by atoms with E-state index in [0.29, 0.717) is 22.3 Å². The van der Waals surface area contributed by atoms with Crippen molar-refractivity contribution in [2.24, 2.45) is 0 Å². The lowest BCUT2D eigenvalue weighted by molar-refractivity contribution is -0.384. The zero-order valence-electron chi connectivity index (χ0n) is 11.5. The maximum atomic E-state index is 13.3. The van der Waals surface area contributed by atoms with Crippen molar-refractivity contribution in [2.75, 3.05) is 5.32 Å². The first kappa shape index (κ1) is 16.2. The summed E-state index contributed by atoms with van der Waals surface area (Å²) in [5.41, 5.74) is 0.103. The monoisotopic (exact) mass is 369 g/mol. The van der Waals surface area contributed by atoms with Gasteiger partial charge in [0, 0.05) is 12.1 Å². The highest BCUT2D eigenvalue weighted by molar-refractivity contribution is 7.22. The number of nitrogens with one attached hydrogen (secondary N) is 1. The summed E-state index contributed by atoms with van der Waals surface area (Å²) >= 11 is 6.74. The number of carbonyl (C=O) groups is 1. The second kappa shape index (κ2) is 6.10. The number of carbonyl (C=O) groups excluding carboxylic acids is 1. The lowest BCUT2D eigenvalue weighted by Gasteiger charge is -2.04. The average molecular weight is 370 g/mol. The van der Waals surface area contributed by atoms with Gasteiger partial charge in [0.25, 0.3) is 11.6 Å². The molecule has 6 nitrogen and oxygen atoms in total. The molecule has 1 amide bonds. The third-order valence-electron chi connectivity index (χ3n) is 3.06. The Hall–Kier alpha value is -2.65. The summed E-state index contributed by atoms with van der Waals surface area (Å²) in [5.74, 6) is -3.14. The van der Waals surface area contributed by atoms with E-state index in [9.17, 15) is 23.7 Å². The summed E-state index contributed by atoms with van der Waals surface area (Å²) in [6, 6.07) is 5.45. The van der Waals surface area contributed by atoms with Crippen molar-refractivity contribution in [1.82, 2.24) is 4.98 Å². The predicted molar refractivity (Wildman–Crippen MR) is 85.6 cm³/mol. The zero-order chi connectivity index (χ0) is 17.4. The molecule has 0 aliphatic carbocycles. The number of thiazole rings is 1. The van der Waals surface area contributed by atoms with Crippen molar-refractivity contribution in [3.63, 3.8) is 0 Å². The van der Waals surface area contributed by atoms with E-state index in [-0.39, 0.29) is 21.4 Å². The van der Waals surface area contributed by atoms with Crippen molar-refractivity contribution in [3.8, 4) is 0 Å². The van der Waals surface area contributed by atoms with Crippen LogP contribution in [0.2, 0.25) is 5.02 Å². The number of non-ortho nitro benzene ring substituents is 1. The minimum absolute atomic E-state index is 0.104. The molecule has 2 aromatic carbocycles. The van der Waals surface area contributed by atoms with E-state index in [0.717, 1.165) is 11.3 Å². The molecule has 0 aliphatic rings. The fourth-order valence-corrected chi connectivity index (χ4v) is 3.07. The number of rotatable bonds is 3. The maximum Gasteiger partial charge on any atom is 0.270 e. The van der Waals surface area contributed by atoms with E-state index < -0.39 is 22.5 Å². The Balaban J connectivity index is 1.91. The van der Waals surface area contributed by atoms with Crippen molar-refractivity contribution in [2.45, 2.75) is 0 Å². The maximum absolute atomic E-state index is 13.3. The molecule has 24 heavy (non-hydrogen) atoms. The van der Waals surface area contributed by atoms with Gasteiger partial charge in [-0.25, -0.2) is 13.8 Å². The Morgan fingerprint density at radius 2 is 1.96 bits per heavy atom. The zero-order valence-corrected chi connectivity index (χ0v) is 13.1. The highest BCUT2D eigenvalue weighted by Gasteiger charge is 2.17. The molecule has 3 rings (SSSR count). The van der Waals surface area contributed by atoms with E-state index in [1.807, 2.05) is 0 Å². The molecular weight excluding hydrogens is 364 g/mol. The molecule has 0 aliphatic heterocycles. The molecular formula is C14H6ClF2N3O3S. The molecule has 10 heteroatoms. The van der Waals surface area contributed by atoms with Crippen LogP contribution in [0.4, 0.5) is 19.6 Å². The highest BCUT2D eigenvalue weighted by atomic mass is 35.5. The number of amides is 1. The van der Waals surface area contributed by atoms with E-state index in [2.05, 4.69) is 10.3 Å². The smallest absolute Gasteiger partial charge is 0.270 e. The lowest BCUT2D eigenvalue weighted by Crippen LogP contribution is -2.13. The first-order valence-corrected chi connectivity index (χ1v) is 7.55. The third-order valence-corrected chi connectivity index (χ3v) is 4.30. The van der Waals surface area contributed by atoms with E-state index in [1.54, 1.807) is 0 Å². The van der Waals surface area contributed by atoms with Gasteiger partial charge >= 0.3 is 0 Å². The van der Waals surface area contributed by atoms with Crippen LogP contribution in [-0.2, 0) is 0 Å². The molecule has 1 heterocycles. The number of benzene rings is 2. The van der Waals surface area contributed by atoms with Crippen molar-refractivity contribution < 1.29 is 18.5 Å². The lowest BCUT2D eigenvalue weighted by atomic mass is 10.2. The predicted octanol–water partition coefficient (Wildman–Crippen LogP) is 4.39. The summed E-state index contributed by atoms with van der Waals surface area (Å²) in [5, 5.41) is 13.1. The van der Waals surface area contributed by atoms with Crippen LogP contribution in [0, 0.1) is 21.7 Å². The van der Waals surface area contributed by atoms with E-state index >= 15 is 0 Å². The van der Waals surface area contributed by atoms with Crippen molar-refractivity contribution in [1.29, 1.82) is 0 Å². The van der Waals surface area contributed by atoms with Crippen molar-refractivity contribution >= 4 is 49.9 Å². The molecule has 0 saturated carbocycles. The fourth-order valence-electron chi connectivity index (χ4n) is 1.94. The second-order valence-corrected chi connectivity index (χ2v) is 6.07. The molecule has 1 N–H and O–H groups in total. The Morgan fingerprint density at radius 1 is 1.25 bits per heavy atom. The molecule has 0 saturated heterocycles. The number of fused-ring (bicyclic) bond motifs is 1. The van der Waals surface area contributed by atoms with Gasteiger partial charge in [0.1, 0.15) is 0 Å². The van der Waals surface area contributed by atoms with Gasteiger partial charge in [-0.1, -0.05) is 22.9 Å². The number of aromatic nitrogens is 1. The Morgan fingerprint density at radius 3 is 2.67 bits per heavy atom. The van der Waals surface area contributed by atoms with Gasteiger partial charge in [0.05, 0.1) is 25.7 Å². The number of nitro groups is 1. The molecule has 0 unspecified atom stereocenters. The molecule has 0 spiro atoms. The van der Waals surface area contributed by atoms with Gasteiger partial charge in [0.2, 0.25) is 0 Å². The largest absolute Gasteiger partial charge is 0.298 e. The van der Waals surface area contributed by atoms with Crippen LogP contribution in [-0.4, -0.2) is 15.8 Å². The molecule has 0 radical (unpaired) electrons. The van der Waals surface area contributed by atoms with Crippen LogP contribution < -0.4 is 5.32 Å². The first-order chi connectivity index (χ1) is 11.3. The topological polar surface area (TPSA) is 85.1 Å². The molecule has 3 aromatic rings. The number of nitro benzene ring substituents is 1. The second-order valence-electron chi connectivity index (χ2n) is 4.63. The number of nitrogens with zero attached hydrogens (tertiary/aromatic N) is 2. The van der Waals surface area contributed by atoms with Gasteiger partial charge in [-0.2, -0.15) is 0 Å². The number of halogens is 3. The SMILES string of the molecule is O=C(Nc1nc2ccc([N+](=O)[O-])cc2s1)c1cc(F)c(F)cc1Cl. The van der Waals surface area contributed by atoms with Crippen LogP contribution in [0.15, 0.2) is 30.3 Å². The quantitative estimate of drug-likeness (QED) is 0.421. The minimum atomic E-state index is -1.20. The fraction of sp³-hybridized carbons (Fsp3) is 0. The van der Waals surface area contributed by atoms with Crippen molar-refractivity contribution in [3.05, 3.63) is 62.7 Å². The van der Waals surface area contributed by atoms with Crippen LogP contribution in [0.5, 0.6) is 0 Å². The van der Waals surface area contributed by atoms with Gasteiger partial charge in [-0.05, 0) is 18.2 Å². The summed E-state index contributed by atoms with van der Waals surface area (Å²) < 4.78 is 26.8. The molecule has 1 aromatic heterocycles. The van der Waals surface area contributed by atoms with E-state index in [4.69, 9.17) is 11.6 Å². The molecule has 0 atom stereocenters. The Labute approximate surface area is 141 Å².